The molecule has 0 aromatic heterocycles. The summed E-state index contributed by atoms with van der Waals surface area (Å²) >= 11 is 0. The minimum Gasteiger partial charge on any atom is -0.496 e. The molecule has 0 spiro atoms. The maximum atomic E-state index is 11.4. The van der Waals surface area contributed by atoms with Crippen LogP contribution in [0.4, 0.5) is 0 Å². The van der Waals surface area contributed by atoms with Crippen molar-refractivity contribution in [1.29, 1.82) is 0 Å². The van der Waals surface area contributed by atoms with Crippen molar-refractivity contribution in [2.24, 2.45) is 0 Å². The van der Waals surface area contributed by atoms with Gasteiger partial charge in [-0.1, -0.05) is 6.58 Å². The molecule has 1 amide bonds. The van der Waals surface area contributed by atoms with Crippen LogP contribution >= 0.6 is 0 Å². The number of hydrogen-bond acceptors (Lipinski definition) is 3. The van der Waals surface area contributed by atoms with Gasteiger partial charge in [0.25, 0.3) is 0 Å². The molecule has 0 aromatic rings. The minimum atomic E-state index is -0.0136. The van der Waals surface area contributed by atoms with Gasteiger partial charge < -0.3 is 14.4 Å². The van der Waals surface area contributed by atoms with Crippen molar-refractivity contribution >= 4 is 5.91 Å². The summed E-state index contributed by atoms with van der Waals surface area (Å²) < 4.78 is 10.2. The van der Waals surface area contributed by atoms with Crippen molar-refractivity contribution in [3.8, 4) is 0 Å². The zero-order valence-electron chi connectivity index (χ0n) is 10.1. The third kappa shape index (κ3) is 6.96. The molecule has 0 bridgehead atoms. The monoisotopic (exact) mass is 215 g/mol. The van der Waals surface area contributed by atoms with Gasteiger partial charge in [-0.2, -0.15) is 0 Å². The lowest BCUT2D eigenvalue weighted by atomic mass is 10.3. The Bertz CT molecular complexity index is 214. The van der Waals surface area contributed by atoms with E-state index in [0.29, 0.717) is 19.0 Å². The minimum absolute atomic E-state index is 0.0136. The number of nitrogens with zero attached hydrogens (tertiary/aromatic N) is 1. The lowest BCUT2D eigenvalue weighted by Gasteiger charge is -2.21. The molecule has 0 aliphatic heterocycles. The Kier molecular flexibility index (Phi) is 6.79. The van der Waals surface area contributed by atoms with Crippen LogP contribution in [0.2, 0.25) is 0 Å². The van der Waals surface area contributed by atoms with E-state index in [9.17, 15) is 4.79 Å². The molecular formula is C11H21NO3. The summed E-state index contributed by atoms with van der Waals surface area (Å²) in [6, 6.07) is 0.202. The molecule has 0 rings (SSSR count). The van der Waals surface area contributed by atoms with E-state index in [1.54, 1.807) is 18.9 Å². The number of carbonyl (C=O) groups is 1. The van der Waals surface area contributed by atoms with Crippen LogP contribution in [0.25, 0.3) is 0 Å². The molecule has 15 heavy (non-hydrogen) atoms. The summed E-state index contributed by atoms with van der Waals surface area (Å²) in [6.45, 7) is 10.2. The first-order chi connectivity index (χ1) is 6.95. The van der Waals surface area contributed by atoms with Crippen LogP contribution in [-0.4, -0.2) is 43.7 Å². The predicted molar refractivity (Wildman–Crippen MR) is 59.5 cm³/mol. The zero-order chi connectivity index (χ0) is 11.8. The molecule has 0 heterocycles. The first-order valence-corrected chi connectivity index (χ1v) is 5.07. The third-order valence-corrected chi connectivity index (χ3v) is 1.97. The Labute approximate surface area is 91.8 Å². The van der Waals surface area contributed by atoms with Crippen molar-refractivity contribution < 1.29 is 14.3 Å². The van der Waals surface area contributed by atoms with E-state index in [4.69, 9.17) is 9.47 Å². The smallest absolute Gasteiger partial charge is 0.248 e. The molecule has 4 heteroatoms. The van der Waals surface area contributed by atoms with Crippen LogP contribution in [0.5, 0.6) is 0 Å². The first kappa shape index (κ1) is 14.0. The second-order valence-corrected chi connectivity index (χ2v) is 3.70. The highest BCUT2D eigenvalue weighted by Gasteiger charge is 2.11. The number of ether oxygens (including phenoxy) is 2. The Morgan fingerprint density at radius 1 is 1.40 bits per heavy atom. The van der Waals surface area contributed by atoms with Crippen LogP contribution in [-0.2, 0) is 14.3 Å². The Morgan fingerprint density at radius 2 is 2.00 bits per heavy atom. The molecule has 0 N–H and O–H groups in total. The van der Waals surface area contributed by atoms with Gasteiger partial charge in [0, 0.05) is 13.1 Å². The highest BCUT2D eigenvalue weighted by Crippen LogP contribution is 1.95. The lowest BCUT2D eigenvalue weighted by molar-refractivity contribution is -0.136. The zero-order valence-corrected chi connectivity index (χ0v) is 10.1. The van der Waals surface area contributed by atoms with Crippen molar-refractivity contribution in [2.75, 3.05) is 26.9 Å². The summed E-state index contributed by atoms with van der Waals surface area (Å²) in [5.74, 6) is 0.643. The van der Waals surface area contributed by atoms with E-state index in [-0.39, 0.29) is 18.6 Å². The summed E-state index contributed by atoms with van der Waals surface area (Å²) in [5, 5.41) is 0. The summed E-state index contributed by atoms with van der Waals surface area (Å²) in [5.41, 5.74) is 0. The van der Waals surface area contributed by atoms with Gasteiger partial charge in [0.2, 0.25) is 5.91 Å². The highest BCUT2D eigenvalue weighted by molar-refractivity contribution is 5.77. The largest absolute Gasteiger partial charge is 0.496 e. The second kappa shape index (κ2) is 7.29. The fraction of sp³-hybridized carbons (Fsp3) is 0.727. The van der Waals surface area contributed by atoms with E-state index in [2.05, 4.69) is 6.58 Å². The van der Waals surface area contributed by atoms with Crippen LogP contribution in [0.3, 0.4) is 0 Å². The number of allylic oxidation sites excluding steroid dienone is 1. The standard InChI is InChI=1S/C11H21NO3/c1-9(2)12(5)11(13)8-14-6-7-15-10(3)4/h9H,3,6-8H2,1-2,4-5H3. The molecule has 0 unspecified atom stereocenters. The van der Waals surface area contributed by atoms with Crippen molar-refractivity contribution in [2.45, 2.75) is 26.8 Å². The first-order valence-electron chi connectivity index (χ1n) is 5.07. The topological polar surface area (TPSA) is 38.8 Å². The maximum Gasteiger partial charge on any atom is 0.248 e. The maximum absolute atomic E-state index is 11.4. The molecule has 0 saturated carbocycles. The average Bonchev–Trinajstić information content (AvgIpc) is 2.15. The molecule has 0 saturated heterocycles. The van der Waals surface area contributed by atoms with Gasteiger partial charge in [-0.3, -0.25) is 4.79 Å². The second-order valence-electron chi connectivity index (χ2n) is 3.70. The quantitative estimate of drug-likeness (QED) is 0.476. The van der Waals surface area contributed by atoms with Crippen LogP contribution in [0.1, 0.15) is 20.8 Å². The Morgan fingerprint density at radius 3 is 2.47 bits per heavy atom. The SMILES string of the molecule is C=C(C)OCCOCC(=O)N(C)C(C)C. The molecule has 0 aliphatic carbocycles. The molecular weight excluding hydrogens is 194 g/mol. The van der Waals surface area contributed by atoms with Gasteiger partial charge in [-0.25, -0.2) is 0 Å². The van der Waals surface area contributed by atoms with Crippen LogP contribution in [0, 0.1) is 0 Å². The summed E-state index contributed by atoms with van der Waals surface area (Å²) in [7, 11) is 1.76. The van der Waals surface area contributed by atoms with Gasteiger partial charge >= 0.3 is 0 Å². The van der Waals surface area contributed by atoms with Crippen molar-refractivity contribution in [1.82, 2.24) is 4.90 Å². The van der Waals surface area contributed by atoms with Crippen LogP contribution < -0.4 is 0 Å². The number of carbonyl (C=O) groups excluding carboxylic acids is 1. The highest BCUT2D eigenvalue weighted by atomic mass is 16.5. The molecule has 0 fully saturated rings. The van der Waals surface area contributed by atoms with Gasteiger partial charge in [-0.05, 0) is 20.8 Å². The van der Waals surface area contributed by atoms with E-state index < -0.39 is 0 Å². The average molecular weight is 215 g/mol. The van der Waals surface area contributed by atoms with Gasteiger partial charge in [0.05, 0.1) is 12.4 Å². The lowest BCUT2D eigenvalue weighted by Crippen LogP contribution is -2.35. The summed E-state index contributed by atoms with van der Waals surface area (Å²) in [6.07, 6.45) is 0. The summed E-state index contributed by atoms with van der Waals surface area (Å²) in [4.78, 5) is 13.1. The van der Waals surface area contributed by atoms with Gasteiger partial charge in [0.1, 0.15) is 13.2 Å². The molecule has 4 nitrogen and oxygen atoms in total. The number of rotatable bonds is 7. The number of likely N-dealkylation sites (N-methyl/N-ethyl adjacent to an activating group) is 1. The fourth-order valence-electron chi connectivity index (χ4n) is 0.824. The molecule has 88 valence electrons. The van der Waals surface area contributed by atoms with E-state index in [1.807, 2.05) is 13.8 Å². The molecule has 0 atom stereocenters. The third-order valence-electron chi connectivity index (χ3n) is 1.97. The Balaban J connectivity index is 3.51. The number of amides is 1. The van der Waals surface area contributed by atoms with E-state index in [1.165, 1.54) is 0 Å². The van der Waals surface area contributed by atoms with Crippen LogP contribution in [0.15, 0.2) is 12.3 Å². The Hall–Kier alpha value is -1.03. The van der Waals surface area contributed by atoms with Crippen molar-refractivity contribution in [3.63, 3.8) is 0 Å². The van der Waals surface area contributed by atoms with Gasteiger partial charge in [0.15, 0.2) is 0 Å². The normalized spacial score (nSPS) is 10.2. The predicted octanol–water partition coefficient (Wildman–Crippen LogP) is 1.42. The molecule has 0 aromatic carbocycles. The number of hydrogen-bond donors (Lipinski definition) is 0. The van der Waals surface area contributed by atoms with Crippen molar-refractivity contribution in [3.05, 3.63) is 12.3 Å². The molecule has 0 radical (unpaired) electrons. The van der Waals surface area contributed by atoms with Gasteiger partial charge in [-0.15, -0.1) is 0 Å². The fourth-order valence-corrected chi connectivity index (χ4v) is 0.824. The molecule has 0 aliphatic rings. The van der Waals surface area contributed by atoms with E-state index >= 15 is 0 Å². The van der Waals surface area contributed by atoms with E-state index in [0.717, 1.165) is 0 Å².